The van der Waals surface area contributed by atoms with E-state index in [9.17, 15) is 19.2 Å². The van der Waals surface area contributed by atoms with Gasteiger partial charge in [-0.3, -0.25) is 14.1 Å². The molecule has 3 aromatic rings. The summed E-state index contributed by atoms with van der Waals surface area (Å²) in [5.41, 5.74) is 1.18. The normalized spacial score (nSPS) is 15.6. The Morgan fingerprint density at radius 1 is 1.14 bits per heavy atom. The van der Waals surface area contributed by atoms with Crippen molar-refractivity contribution in [3.8, 4) is 5.69 Å². The Bertz CT molecular complexity index is 1250. The molecule has 2 amide bonds. The molecule has 1 aliphatic heterocycles. The number of anilines is 1. The minimum atomic E-state index is -0.987. The Labute approximate surface area is 200 Å². The summed E-state index contributed by atoms with van der Waals surface area (Å²) in [7, 11) is 0. The van der Waals surface area contributed by atoms with Crippen LogP contribution in [-0.4, -0.2) is 53.8 Å². The summed E-state index contributed by atoms with van der Waals surface area (Å²) in [6.45, 7) is 2.47. The molecular weight excluding hydrogens is 456 g/mol. The van der Waals surface area contributed by atoms with Gasteiger partial charge in [0.05, 0.1) is 25.2 Å². The Balaban J connectivity index is 1.38. The molecule has 2 heterocycles. The first-order valence-electron chi connectivity index (χ1n) is 11.1. The second kappa shape index (κ2) is 10.8. The van der Waals surface area contributed by atoms with Crippen LogP contribution in [0.25, 0.3) is 5.69 Å². The third kappa shape index (κ3) is 5.64. The molecule has 0 aliphatic carbocycles. The molecule has 1 atom stereocenters. The van der Waals surface area contributed by atoms with E-state index in [0.29, 0.717) is 16.9 Å². The van der Waals surface area contributed by atoms with E-state index in [1.165, 1.54) is 9.58 Å². The highest BCUT2D eigenvalue weighted by atomic mass is 16.5. The topological polar surface area (TPSA) is 135 Å². The number of benzene rings is 2. The average Bonchev–Trinajstić information content (AvgIpc) is 3.22. The van der Waals surface area contributed by atoms with Gasteiger partial charge in [0, 0.05) is 24.4 Å². The zero-order chi connectivity index (χ0) is 24.8. The number of nitrogens with one attached hydrogen (secondary N) is 2. The largest absolute Gasteiger partial charge is 0.462 e. The lowest BCUT2D eigenvalue weighted by atomic mass is 10.1. The number of amides is 2. The van der Waals surface area contributed by atoms with Gasteiger partial charge in [0.2, 0.25) is 11.6 Å². The van der Waals surface area contributed by atoms with Gasteiger partial charge in [-0.05, 0) is 41.1 Å². The summed E-state index contributed by atoms with van der Waals surface area (Å²) in [5, 5.41) is 5.24. The van der Waals surface area contributed by atoms with Crippen molar-refractivity contribution in [3.05, 3.63) is 76.3 Å². The molecule has 35 heavy (non-hydrogen) atoms. The van der Waals surface area contributed by atoms with Crippen LogP contribution in [0, 0.1) is 0 Å². The lowest BCUT2D eigenvalue weighted by molar-refractivity contribution is -0.678. The van der Waals surface area contributed by atoms with E-state index in [2.05, 4.69) is 10.6 Å². The monoisotopic (exact) mass is 481 g/mol. The number of hydrogen-bond donors (Lipinski definition) is 2. The number of nitrogens with zero attached hydrogens (tertiary/aromatic N) is 2. The fraction of sp³-hybridized carbons (Fsp3) is 0.292. The van der Waals surface area contributed by atoms with E-state index in [4.69, 9.17) is 14.0 Å². The number of aromatic amines is 1. The number of morpholine rings is 1. The molecule has 1 fully saturated rings. The molecule has 0 spiro atoms. The van der Waals surface area contributed by atoms with Crippen molar-refractivity contribution in [2.24, 2.45) is 0 Å². The van der Waals surface area contributed by atoms with Gasteiger partial charge < -0.3 is 19.7 Å². The summed E-state index contributed by atoms with van der Waals surface area (Å²) in [4.78, 5) is 51.0. The molecule has 2 N–H and O–H groups in total. The van der Waals surface area contributed by atoms with Crippen LogP contribution in [0.2, 0.25) is 0 Å². The zero-order valence-electron chi connectivity index (χ0n) is 19.1. The highest BCUT2D eigenvalue weighted by Gasteiger charge is 2.35. The fourth-order valence-corrected chi connectivity index (χ4v) is 3.67. The molecule has 182 valence electrons. The Hall–Kier alpha value is -4.25. The molecule has 0 bridgehead atoms. The van der Waals surface area contributed by atoms with Gasteiger partial charge in [0.15, 0.2) is 0 Å². The molecule has 1 aromatic heterocycles. The van der Waals surface area contributed by atoms with Crippen LogP contribution in [0.5, 0.6) is 0 Å². The number of rotatable bonds is 8. The highest BCUT2D eigenvalue weighted by molar-refractivity contribution is 5.96. The van der Waals surface area contributed by atoms with E-state index in [-0.39, 0.29) is 38.4 Å². The summed E-state index contributed by atoms with van der Waals surface area (Å²) >= 11 is 0. The summed E-state index contributed by atoms with van der Waals surface area (Å²) in [5.74, 6) is -1.27. The lowest BCUT2D eigenvalue weighted by Gasteiger charge is -2.30. The second-order valence-corrected chi connectivity index (χ2v) is 7.77. The number of ether oxygens (including phenoxy) is 2. The summed E-state index contributed by atoms with van der Waals surface area (Å²) in [6.07, 6.45) is -1.19. The highest BCUT2D eigenvalue weighted by Crippen LogP contribution is 2.15. The maximum Gasteiger partial charge on any atom is 0.432 e. The maximum absolute atomic E-state index is 13.0. The van der Waals surface area contributed by atoms with Crippen molar-refractivity contribution < 1.29 is 33.1 Å². The number of esters is 1. The van der Waals surface area contributed by atoms with Crippen molar-refractivity contribution in [2.75, 3.05) is 25.1 Å². The summed E-state index contributed by atoms with van der Waals surface area (Å²) < 4.78 is 16.9. The third-order valence-corrected chi connectivity index (χ3v) is 5.41. The third-order valence-electron chi connectivity index (χ3n) is 5.41. The van der Waals surface area contributed by atoms with Gasteiger partial charge in [-0.15, -0.1) is 0 Å². The molecule has 4 rings (SSSR count). The molecule has 1 unspecified atom stereocenters. The van der Waals surface area contributed by atoms with Crippen LogP contribution in [0.1, 0.15) is 29.4 Å². The van der Waals surface area contributed by atoms with Crippen molar-refractivity contribution >= 4 is 23.5 Å². The number of hydrogen-bond acceptors (Lipinski definition) is 7. The van der Waals surface area contributed by atoms with E-state index in [0.717, 1.165) is 0 Å². The SMILES string of the molecule is CCOC(=O)c1ccc(NC(=O)CC2OCCN(Cc3c(=O)o[nH][n+]3-c3ccccc3)C2=O)cc1. The smallest absolute Gasteiger partial charge is 0.432 e. The number of aromatic nitrogens is 2. The van der Waals surface area contributed by atoms with Crippen molar-refractivity contribution in [1.82, 2.24) is 10.2 Å². The molecular formula is C24H25N4O7+. The van der Waals surface area contributed by atoms with Crippen molar-refractivity contribution in [2.45, 2.75) is 26.0 Å². The van der Waals surface area contributed by atoms with Crippen molar-refractivity contribution in [1.29, 1.82) is 0 Å². The Kier molecular flexibility index (Phi) is 7.36. The minimum absolute atomic E-state index is 0.00361. The van der Waals surface area contributed by atoms with Crippen LogP contribution in [-0.2, 0) is 25.6 Å². The van der Waals surface area contributed by atoms with E-state index in [1.54, 1.807) is 43.3 Å². The van der Waals surface area contributed by atoms with Crippen LogP contribution < -0.4 is 15.6 Å². The first-order valence-corrected chi connectivity index (χ1v) is 11.1. The fourth-order valence-electron chi connectivity index (χ4n) is 3.67. The lowest BCUT2D eigenvalue weighted by Crippen LogP contribution is -2.51. The van der Waals surface area contributed by atoms with Gasteiger partial charge >= 0.3 is 17.3 Å². The molecule has 11 heteroatoms. The first-order chi connectivity index (χ1) is 17.0. The molecule has 1 aliphatic rings. The number of carbonyl (C=O) groups is 3. The van der Waals surface area contributed by atoms with Gasteiger partial charge in [-0.2, -0.15) is 0 Å². The molecule has 0 saturated carbocycles. The van der Waals surface area contributed by atoms with Gasteiger partial charge in [0.1, 0.15) is 12.6 Å². The van der Waals surface area contributed by atoms with Crippen LogP contribution >= 0.6 is 0 Å². The van der Waals surface area contributed by atoms with Crippen molar-refractivity contribution in [3.63, 3.8) is 0 Å². The Morgan fingerprint density at radius 3 is 2.60 bits per heavy atom. The standard InChI is InChI=1S/C24H24N4O7/c1-2-33-23(31)16-8-10-17(11-9-16)25-21(29)14-20-22(30)27(12-13-34-20)15-19-24(32)35-26-28(19)18-6-4-3-5-7-18/h3-11,20H,2,12-15H2,1H3,(H-,25,26,29,31,32)/p+1. The molecule has 2 aromatic carbocycles. The van der Waals surface area contributed by atoms with Gasteiger partial charge in [0.25, 0.3) is 5.91 Å². The summed E-state index contributed by atoms with van der Waals surface area (Å²) in [6, 6.07) is 15.3. The predicted octanol–water partition coefficient (Wildman–Crippen LogP) is 1.18. The minimum Gasteiger partial charge on any atom is -0.462 e. The number of para-hydroxylation sites is 1. The van der Waals surface area contributed by atoms with E-state index in [1.807, 2.05) is 18.2 Å². The first kappa shape index (κ1) is 23.9. The zero-order valence-corrected chi connectivity index (χ0v) is 19.1. The van der Waals surface area contributed by atoms with Crippen LogP contribution in [0.15, 0.2) is 63.9 Å². The van der Waals surface area contributed by atoms with Crippen LogP contribution in [0.4, 0.5) is 5.69 Å². The van der Waals surface area contributed by atoms with Crippen LogP contribution in [0.3, 0.4) is 0 Å². The average molecular weight is 481 g/mol. The maximum atomic E-state index is 13.0. The van der Waals surface area contributed by atoms with E-state index < -0.39 is 29.5 Å². The van der Waals surface area contributed by atoms with Gasteiger partial charge in [-0.25, -0.2) is 9.59 Å². The molecule has 1 saturated heterocycles. The van der Waals surface area contributed by atoms with Gasteiger partial charge in [-0.1, -0.05) is 18.2 Å². The quantitative estimate of drug-likeness (QED) is 0.364. The second-order valence-electron chi connectivity index (χ2n) is 7.77. The number of carbonyl (C=O) groups excluding carboxylic acids is 3. The number of H-pyrrole nitrogens is 1. The molecule has 0 radical (unpaired) electrons. The predicted molar refractivity (Wildman–Crippen MR) is 122 cm³/mol. The molecule has 11 nitrogen and oxygen atoms in total. The van der Waals surface area contributed by atoms with E-state index >= 15 is 0 Å². The Morgan fingerprint density at radius 2 is 1.89 bits per heavy atom.